The van der Waals surface area contributed by atoms with Crippen molar-refractivity contribution in [1.82, 2.24) is 20.5 Å². The summed E-state index contributed by atoms with van der Waals surface area (Å²) in [6.07, 6.45) is 8.60. The molecule has 2 aromatic heterocycles. The van der Waals surface area contributed by atoms with Gasteiger partial charge in [0.1, 0.15) is 5.82 Å². The van der Waals surface area contributed by atoms with Crippen molar-refractivity contribution in [2.24, 2.45) is 10.7 Å². The number of nitrogens with one attached hydrogen (secondary N) is 4. The van der Waals surface area contributed by atoms with Gasteiger partial charge < -0.3 is 15.6 Å². The Hall–Kier alpha value is -3.06. The number of allylic oxidation sites excluding steroid dienone is 1. The molecule has 1 unspecified atom stereocenters. The van der Waals surface area contributed by atoms with E-state index >= 15 is 0 Å². The molecule has 1 aliphatic heterocycles. The number of H-pyrrole nitrogens is 2. The molecule has 3 heterocycles. The molecule has 1 fully saturated rings. The second-order valence-electron chi connectivity index (χ2n) is 7.09. The van der Waals surface area contributed by atoms with Crippen LogP contribution in [0.5, 0.6) is 0 Å². The Bertz CT molecular complexity index is 1010. The lowest BCUT2D eigenvalue weighted by atomic mass is 10.0. The van der Waals surface area contributed by atoms with Crippen LogP contribution in [0.2, 0.25) is 0 Å². The maximum absolute atomic E-state index is 6.49. The van der Waals surface area contributed by atoms with E-state index in [9.17, 15) is 0 Å². The van der Waals surface area contributed by atoms with Crippen molar-refractivity contribution in [3.05, 3.63) is 59.7 Å². The highest BCUT2D eigenvalue weighted by Crippen LogP contribution is 2.39. The summed E-state index contributed by atoms with van der Waals surface area (Å²) >= 11 is 0. The van der Waals surface area contributed by atoms with Crippen molar-refractivity contribution in [3.63, 3.8) is 0 Å². The number of benzene rings is 1. The molecule has 132 valence electrons. The fourth-order valence-corrected chi connectivity index (χ4v) is 3.37. The van der Waals surface area contributed by atoms with Gasteiger partial charge in [-0.1, -0.05) is 12.1 Å². The van der Waals surface area contributed by atoms with Crippen LogP contribution in [0.25, 0.3) is 10.9 Å². The number of hydrogen-bond donors (Lipinski definition) is 5. The summed E-state index contributed by atoms with van der Waals surface area (Å²) < 4.78 is 0. The third kappa shape index (κ3) is 2.97. The summed E-state index contributed by atoms with van der Waals surface area (Å²) in [5.41, 5.74) is 9.90. The standard InChI is InChI=1S/C19H21N7/c20-19(11-12-1-2-14-5-7-21-15(14)9-12)22-8-6-17(24-19)23-18-10-16(25-26-18)13-3-4-13/h1-2,5-10,13,21,24H,3-4,11,20H2,(H2,23,25,26). The van der Waals surface area contributed by atoms with E-state index in [0.717, 1.165) is 22.7 Å². The Labute approximate surface area is 150 Å². The largest absolute Gasteiger partial charge is 0.361 e. The molecule has 0 radical (unpaired) electrons. The molecule has 1 atom stereocenters. The van der Waals surface area contributed by atoms with Crippen LogP contribution in [-0.4, -0.2) is 27.2 Å². The van der Waals surface area contributed by atoms with Gasteiger partial charge in [0.25, 0.3) is 0 Å². The molecule has 6 N–H and O–H groups in total. The monoisotopic (exact) mass is 347 g/mol. The molecular weight excluding hydrogens is 326 g/mol. The Morgan fingerprint density at radius 2 is 2.15 bits per heavy atom. The lowest BCUT2D eigenvalue weighted by Crippen LogP contribution is -2.55. The van der Waals surface area contributed by atoms with Crippen LogP contribution in [0.3, 0.4) is 0 Å². The quantitative estimate of drug-likeness (QED) is 0.489. The van der Waals surface area contributed by atoms with Crippen LogP contribution >= 0.6 is 0 Å². The molecule has 0 spiro atoms. The van der Waals surface area contributed by atoms with Crippen molar-refractivity contribution in [2.45, 2.75) is 31.0 Å². The van der Waals surface area contributed by atoms with Crippen molar-refractivity contribution in [1.29, 1.82) is 0 Å². The second-order valence-corrected chi connectivity index (χ2v) is 7.09. The smallest absolute Gasteiger partial charge is 0.187 e. The number of nitrogens with zero attached hydrogens (tertiary/aromatic N) is 2. The van der Waals surface area contributed by atoms with Gasteiger partial charge in [-0.3, -0.25) is 15.8 Å². The third-order valence-corrected chi connectivity index (χ3v) is 4.87. The van der Waals surface area contributed by atoms with Gasteiger partial charge in [-0.05, 0) is 42.0 Å². The fraction of sp³-hybridized carbons (Fsp3) is 0.263. The maximum atomic E-state index is 6.49. The summed E-state index contributed by atoms with van der Waals surface area (Å²) in [7, 11) is 0. The molecule has 0 saturated heterocycles. The molecule has 1 aliphatic carbocycles. The first-order valence-electron chi connectivity index (χ1n) is 8.88. The lowest BCUT2D eigenvalue weighted by molar-refractivity contribution is 0.380. The summed E-state index contributed by atoms with van der Waals surface area (Å²) in [5.74, 6) is 1.32. The number of aromatic amines is 2. The molecule has 0 amide bonds. The van der Waals surface area contributed by atoms with E-state index in [4.69, 9.17) is 5.73 Å². The van der Waals surface area contributed by atoms with E-state index in [-0.39, 0.29) is 0 Å². The maximum Gasteiger partial charge on any atom is 0.187 e. The van der Waals surface area contributed by atoms with Crippen LogP contribution < -0.4 is 16.4 Å². The van der Waals surface area contributed by atoms with Gasteiger partial charge in [0.05, 0.1) is 0 Å². The number of rotatable bonds is 5. The Kier molecular flexibility index (Phi) is 3.36. The minimum absolute atomic E-state index is 0.575. The van der Waals surface area contributed by atoms with Crippen molar-refractivity contribution in [3.8, 4) is 0 Å². The lowest BCUT2D eigenvalue weighted by Gasteiger charge is -2.31. The van der Waals surface area contributed by atoms with Crippen molar-refractivity contribution < 1.29 is 0 Å². The molecule has 26 heavy (non-hydrogen) atoms. The van der Waals surface area contributed by atoms with Crippen LogP contribution in [0.4, 0.5) is 5.82 Å². The minimum Gasteiger partial charge on any atom is -0.361 e. The number of anilines is 1. The zero-order valence-corrected chi connectivity index (χ0v) is 14.3. The van der Waals surface area contributed by atoms with E-state index in [1.165, 1.54) is 23.9 Å². The molecule has 7 nitrogen and oxygen atoms in total. The van der Waals surface area contributed by atoms with Gasteiger partial charge >= 0.3 is 0 Å². The SMILES string of the molecule is NC1(Cc2ccc3cc[nH]c3c2)N=CC=C(Nc2cc(C3CC3)[nH]n2)N1. The van der Waals surface area contributed by atoms with E-state index in [1.807, 2.05) is 12.3 Å². The molecule has 1 aromatic carbocycles. The van der Waals surface area contributed by atoms with Crippen molar-refractivity contribution >= 4 is 22.9 Å². The first-order chi connectivity index (χ1) is 12.7. The zero-order valence-electron chi connectivity index (χ0n) is 14.3. The number of aliphatic imine (C=N–C) groups is 1. The highest BCUT2D eigenvalue weighted by molar-refractivity contribution is 5.80. The Morgan fingerprint density at radius 3 is 3.04 bits per heavy atom. The molecular formula is C19H21N7. The van der Waals surface area contributed by atoms with Gasteiger partial charge in [0.2, 0.25) is 0 Å². The predicted molar refractivity (Wildman–Crippen MR) is 103 cm³/mol. The highest BCUT2D eigenvalue weighted by Gasteiger charge is 2.28. The second kappa shape index (κ2) is 5.74. The van der Waals surface area contributed by atoms with E-state index < -0.39 is 5.79 Å². The number of nitrogens with two attached hydrogens (primary N) is 1. The molecule has 3 aromatic rings. The van der Waals surface area contributed by atoms with Crippen molar-refractivity contribution in [2.75, 3.05) is 5.32 Å². The summed E-state index contributed by atoms with van der Waals surface area (Å²) in [4.78, 5) is 7.68. The molecule has 5 rings (SSSR count). The van der Waals surface area contributed by atoms with Crippen LogP contribution in [0.1, 0.15) is 30.0 Å². The van der Waals surface area contributed by atoms with Crippen LogP contribution in [0, 0.1) is 0 Å². The average molecular weight is 347 g/mol. The molecule has 0 bridgehead atoms. The predicted octanol–water partition coefficient (Wildman–Crippen LogP) is 2.55. The van der Waals surface area contributed by atoms with Gasteiger partial charge in [-0.25, -0.2) is 0 Å². The molecule has 7 heteroatoms. The van der Waals surface area contributed by atoms with E-state index in [0.29, 0.717) is 12.3 Å². The van der Waals surface area contributed by atoms with E-state index in [2.05, 4.69) is 61.1 Å². The minimum atomic E-state index is -0.896. The van der Waals surface area contributed by atoms with Gasteiger partial charge in [-0.2, -0.15) is 5.10 Å². The third-order valence-electron chi connectivity index (χ3n) is 4.87. The summed E-state index contributed by atoms with van der Waals surface area (Å²) in [5, 5.41) is 15.2. The topological polar surface area (TPSA) is 107 Å². The molecule has 2 aliphatic rings. The fourth-order valence-electron chi connectivity index (χ4n) is 3.37. The molecule has 1 saturated carbocycles. The number of aromatic nitrogens is 3. The summed E-state index contributed by atoms with van der Waals surface area (Å²) in [6, 6.07) is 10.4. The number of fused-ring (bicyclic) bond motifs is 1. The number of hydrogen-bond acceptors (Lipinski definition) is 5. The summed E-state index contributed by atoms with van der Waals surface area (Å²) in [6.45, 7) is 0. The Morgan fingerprint density at radius 1 is 1.23 bits per heavy atom. The normalized spacial score (nSPS) is 22.3. The van der Waals surface area contributed by atoms with Gasteiger partial charge in [0, 0.05) is 42.0 Å². The Balaban J connectivity index is 1.30. The first kappa shape index (κ1) is 15.2. The zero-order chi connectivity index (χ0) is 17.6. The van der Waals surface area contributed by atoms with Gasteiger partial charge in [-0.15, -0.1) is 0 Å². The van der Waals surface area contributed by atoms with Crippen LogP contribution in [-0.2, 0) is 6.42 Å². The first-order valence-corrected chi connectivity index (χ1v) is 8.88. The average Bonchev–Trinajstić information content (AvgIpc) is 3.18. The highest BCUT2D eigenvalue weighted by atomic mass is 15.3. The van der Waals surface area contributed by atoms with Gasteiger partial charge in [0.15, 0.2) is 11.6 Å². The van der Waals surface area contributed by atoms with Crippen LogP contribution in [0.15, 0.2) is 53.4 Å². The van der Waals surface area contributed by atoms with E-state index in [1.54, 1.807) is 6.21 Å².